The Balaban J connectivity index is 2.34. The summed E-state index contributed by atoms with van der Waals surface area (Å²) >= 11 is 0. The number of hydrogen-bond donors (Lipinski definition) is 4. The van der Waals surface area contributed by atoms with E-state index in [4.69, 9.17) is 5.11 Å². The van der Waals surface area contributed by atoms with E-state index in [2.05, 4.69) is 5.32 Å². The molecule has 2 amide bonds. The first-order valence-electron chi connectivity index (χ1n) is 6.04. The van der Waals surface area contributed by atoms with E-state index < -0.39 is 18.2 Å². The molecule has 0 bridgehead atoms. The van der Waals surface area contributed by atoms with Crippen molar-refractivity contribution in [3.63, 3.8) is 0 Å². The van der Waals surface area contributed by atoms with Gasteiger partial charge in [0.1, 0.15) is 0 Å². The lowest BCUT2D eigenvalue weighted by Crippen LogP contribution is -2.41. The van der Waals surface area contributed by atoms with Crippen LogP contribution in [0, 0.1) is 5.92 Å². The standard InChI is InChI=1S/C11H20N2O5/c1-2-7(3-10(16)17)4-12-11(18)13-5-8(14)9(15)6-13/h7-9,14-15H,2-6H2,1H3,(H,12,18)(H,16,17). The molecule has 0 radical (unpaired) electrons. The predicted molar refractivity (Wildman–Crippen MR) is 63.0 cm³/mol. The van der Waals surface area contributed by atoms with Crippen LogP contribution < -0.4 is 5.32 Å². The summed E-state index contributed by atoms with van der Waals surface area (Å²) in [6.07, 6.45) is -1.13. The number of carbonyl (C=O) groups excluding carboxylic acids is 1. The molecule has 7 nitrogen and oxygen atoms in total. The van der Waals surface area contributed by atoms with Gasteiger partial charge in [-0.15, -0.1) is 0 Å². The molecule has 0 aromatic rings. The summed E-state index contributed by atoms with van der Waals surface area (Å²) in [4.78, 5) is 23.6. The number of β-amino-alcohol motifs (C(OH)–C–C–N with tert-alkyl or cyclic N) is 2. The first kappa shape index (κ1) is 14.7. The number of nitrogens with zero attached hydrogens (tertiary/aromatic N) is 1. The van der Waals surface area contributed by atoms with Crippen molar-refractivity contribution in [2.24, 2.45) is 5.92 Å². The second kappa shape index (κ2) is 6.55. The molecule has 18 heavy (non-hydrogen) atoms. The van der Waals surface area contributed by atoms with Gasteiger partial charge in [-0.3, -0.25) is 4.79 Å². The van der Waals surface area contributed by atoms with Gasteiger partial charge in [-0.1, -0.05) is 13.3 Å². The first-order valence-corrected chi connectivity index (χ1v) is 6.04. The fraction of sp³-hybridized carbons (Fsp3) is 0.818. The molecular formula is C11H20N2O5. The van der Waals surface area contributed by atoms with Gasteiger partial charge in [-0.25, -0.2) is 4.79 Å². The number of nitrogens with one attached hydrogen (secondary N) is 1. The minimum atomic E-state index is -0.906. The largest absolute Gasteiger partial charge is 0.481 e. The summed E-state index contributed by atoms with van der Waals surface area (Å²) in [5.41, 5.74) is 0. The zero-order valence-electron chi connectivity index (χ0n) is 10.4. The van der Waals surface area contributed by atoms with Crippen LogP contribution in [-0.4, -0.2) is 64.1 Å². The van der Waals surface area contributed by atoms with Crippen LogP contribution in [0.3, 0.4) is 0 Å². The fourth-order valence-electron chi connectivity index (χ4n) is 1.89. The summed E-state index contributed by atoms with van der Waals surface area (Å²) in [6, 6.07) is -0.380. The van der Waals surface area contributed by atoms with Crippen LogP contribution in [0.1, 0.15) is 19.8 Å². The van der Waals surface area contributed by atoms with Crippen molar-refractivity contribution in [1.82, 2.24) is 10.2 Å². The van der Waals surface area contributed by atoms with Crippen molar-refractivity contribution in [2.75, 3.05) is 19.6 Å². The molecule has 0 aromatic carbocycles. The molecule has 4 N–H and O–H groups in total. The normalized spacial score (nSPS) is 24.9. The van der Waals surface area contributed by atoms with Gasteiger partial charge in [0.25, 0.3) is 0 Å². The van der Waals surface area contributed by atoms with E-state index in [9.17, 15) is 19.8 Å². The topological polar surface area (TPSA) is 110 Å². The van der Waals surface area contributed by atoms with Gasteiger partial charge >= 0.3 is 12.0 Å². The quantitative estimate of drug-likeness (QED) is 0.519. The van der Waals surface area contributed by atoms with E-state index in [1.165, 1.54) is 4.90 Å². The highest BCUT2D eigenvalue weighted by Crippen LogP contribution is 2.11. The number of aliphatic carboxylic acids is 1. The average molecular weight is 260 g/mol. The second-order valence-corrected chi connectivity index (χ2v) is 4.60. The highest BCUT2D eigenvalue weighted by atomic mass is 16.4. The van der Waals surface area contributed by atoms with E-state index in [0.29, 0.717) is 6.42 Å². The minimum absolute atomic E-state index is 0.0159. The van der Waals surface area contributed by atoms with Crippen molar-refractivity contribution in [2.45, 2.75) is 32.0 Å². The number of likely N-dealkylation sites (tertiary alicyclic amines) is 1. The number of aliphatic hydroxyl groups excluding tert-OH is 2. The molecule has 3 atom stereocenters. The minimum Gasteiger partial charge on any atom is -0.481 e. The monoisotopic (exact) mass is 260 g/mol. The molecule has 0 aromatic heterocycles. The van der Waals surface area contributed by atoms with E-state index in [-0.39, 0.29) is 38.0 Å². The molecule has 3 unspecified atom stereocenters. The maximum absolute atomic E-state index is 11.7. The lowest BCUT2D eigenvalue weighted by molar-refractivity contribution is -0.138. The third kappa shape index (κ3) is 4.15. The smallest absolute Gasteiger partial charge is 0.317 e. The molecule has 0 saturated carbocycles. The summed E-state index contributed by atoms with van der Waals surface area (Å²) in [5.74, 6) is -0.994. The molecule has 0 spiro atoms. The van der Waals surface area contributed by atoms with Crippen molar-refractivity contribution in [1.29, 1.82) is 0 Å². The molecule has 1 fully saturated rings. The Morgan fingerprint density at radius 3 is 2.33 bits per heavy atom. The van der Waals surface area contributed by atoms with Crippen molar-refractivity contribution in [3.8, 4) is 0 Å². The molecule has 1 rings (SSSR count). The Kier molecular flexibility index (Phi) is 5.36. The van der Waals surface area contributed by atoms with Crippen LogP contribution in [0.2, 0.25) is 0 Å². The van der Waals surface area contributed by atoms with E-state index in [1.54, 1.807) is 0 Å². The molecule has 1 aliphatic rings. The van der Waals surface area contributed by atoms with Gasteiger partial charge in [0, 0.05) is 13.0 Å². The van der Waals surface area contributed by atoms with Crippen molar-refractivity contribution >= 4 is 12.0 Å². The molecule has 1 aliphatic heterocycles. The van der Waals surface area contributed by atoms with Gasteiger partial charge in [0.2, 0.25) is 0 Å². The van der Waals surface area contributed by atoms with Gasteiger partial charge in [0.15, 0.2) is 0 Å². The van der Waals surface area contributed by atoms with Gasteiger partial charge < -0.3 is 25.5 Å². The molecule has 104 valence electrons. The van der Waals surface area contributed by atoms with E-state index >= 15 is 0 Å². The molecule has 1 heterocycles. The number of amides is 2. The fourth-order valence-corrected chi connectivity index (χ4v) is 1.89. The number of carboxylic acid groups (broad SMARTS) is 1. The SMILES string of the molecule is CCC(CNC(=O)N1CC(O)C(O)C1)CC(=O)O. The predicted octanol–water partition coefficient (Wildman–Crippen LogP) is -0.766. The summed E-state index contributed by atoms with van der Waals surface area (Å²) < 4.78 is 0. The highest BCUT2D eigenvalue weighted by Gasteiger charge is 2.32. The first-order chi connectivity index (χ1) is 8.43. The molecular weight excluding hydrogens is 240 g/mol. The molecule has 0 aliphatic carbocycles. The number of urea groups is 1. The van der Waals surface area contributed by atoms with Gasteiger partial charge in [-0.2, -0.15) is 0 Å². The average Bonchev–Trinajstić information content (AvgIpc) is 2.64. The lowest BCUT2D eigenvalue weighted by atomic mass is 10.0. The lowest BCUT2D eigenvalue weighted by Gasteiger charge is -2.19. The zero-order valence-corrected chi connectivity index (χ0v) is 10.4. The number of carbonyl (C=O) groups is 2. The second-order valence-electron chi connectivity index (χ2n) is 4.60. The Hall–Kier alpha value is -1.34. The Morgan fingerprint density at radius 1 is 1.33 bits per heavy atom. The van der Waals surface area contributed by atoms with E-state index in [0.717, 1.165) is 0 Å². The van der Waals surface area contributed by atoms with Crippen LogP contribution in [0.15, 0.2) is 0 Å². The van der Waals surface area contributed by atoms with Crippen LogP contribution in [0.5, 0.6) is 0 Å². The molecule has 7 heteroatoms. The zero-order chi connectivity index (χ0) is 13.7. The third-order valence-electron chi connectivity index (χ3n) is 3.13. The van der Waals surface area contributed by atoms with Crippen LogP contribution >= 0.6 is 0 Å². The Labute approximate surface area is 105 Å². The van der Waals surface area contributed by atoms with Gasteiger partial charge in [0.05, 0.1) is 25.3 Å². The summed E-state index contributed by atoms with van der Waals surface area (Å²) in [7, 11) is 0. The number of aliphatic hydroxyl groups is 2. The van der Waals surface area contributed by atoms with Crippen LogP contribution in [0.4, 0.5) is 4.79 Å². The van der Waals surface area contributed by atoms with Crippen LogP contribution in [-0.2, 0) is 4.79 Å². The number of rotatable bonds is 5. The third-order valence-corrected chi connectivity index (χ3v) is 3.13. The Bertz CT molecular complexity index is 300. The number of hydrogen-bond acceptors (Lipinski definition) is 4. The van der Waals surface area contributed by atoms with E-state index in [1.807, 2.05) is 6.92 Å². The Morgan fingerprint density at radius 2 is 1.89 bits per heavy atom. The van der Waals surface area contributed by atoms with Crippen molar-refractivity contribution in [3.05, 3.63) is 0 Å². The van der Waals surface area contributed by atoms with Crippen molar-refractivity contribution < 1.29 is 24.9 Å². The number of carboxylic acids is 1. The van der Waals surface area contributed by atoms with Crippen LogP contribution in [0.25, 0.3) is 0 Å². The maximum atomic E-state index is 11.7. The summed E-state index contributed by atoms with van der Waals surface area (Å²) in [6.45, 7) is 2.35. The molecule has 1 saturated heterocycles. The highest BCUT2D eigenvalue weighted by molar-refractivity contribution is 5.74. The maximum Gasteiger partial charge on any atom is 0.317 e. The summed E-state index contributed by atoms with van der Waals surface area (Å²) in [5, 5.41) is 29.9. The van der Waals surface area contributed by atoms with Gasteiger partial charge in [-0.05, 0) is 5.92 Å².